The standard InChI is InChI=1S/C31H32F2N6O3S.C29H30N4O5.C29H28N4O4S.H3N/c32-30(33)19-37-11-13-38(14-12-37)25-4-1-21(2-5-25)23-16-27-28(17-23)35-20-36-31(27)22-3-6-29(24(15-22)18-34)42-26-7-9-39(10-8-26)43(40)41;30-17-21-15-20(1-2-26(21)38-22-6-11-33(12-7-22)27(35)18-34)28-23-16-25(32-24(23)5-10-31-28)19-3-8-29(9-4-19)36-13-14-37-29;30-19-22-17-21(3-6-28(22)37-24-8-15-38(34,35)16-9-24)29-25-18-27(32-26(25)7-10-31-29)20-1-4-23(5-2-20)33-11-13-36-14-12-33;/h1-6,15-16,20,26,30H,7-14,17,19H2,(H,40,41);1-3,5,10,15-16,22,32,34H,4,6-9,11-14,18H2;1-7,10,17-18,24,32H,8-9,11-16H2;1H3/p-1. The number of piperazine rings is 1. The second-order valence-electron chi connectivity index (χ2n) is 30.7. The van der Waals surface area contributed by atoms with Crippen LogP contribution in [0.4, 0.5) is 20.2 Å². The van der Waals surface area contributed by atoms with Crippen molar-refractivity contribution in [1.29, 1.82) is 15.8 Å². The number of aliphatic hydroxyl groups excluding tert-OH is 1. The molecule has 1 unspecified atom stereocenters. The molecule has 1 spiro atoms. The zero-order chi connectivity index (χ0) is 82.2. The van der Waals surface area contributed by atoms with Crippen LogP contribution in [0.1, 0.15) is 97.0 Å². The number of ether oxygens (including phenoxy) is 6. The first-order valence-electron chi connectivity index (χ1n) is 40.3. The van der Waals surface area contributed by atoms with E-state index in [-0.39, 0.29) is 48.4 Å². The Kier molecular flexibility index (Phi) is 26.1. The van der Waals surface area contributed by atoms with Gasteiger partial charge in [0.15, 0.2) is 15.6 Å². The Morgan fingerprint density at radius 1 is 0.600 bits per heavy atom. The van der Waals surface area contributed by atoms with E-state index in [9.17, 15) is 46.5 Å². The molecule has 0 radical (unpaired) electrons. The Balaban J connectivity index is 0.000000140. The number of hydrogen-bond acceptors (Lipinski definition) is 23. The number of aromatic nitrogens is 6. The van der Waals surface area contributed by atoms with Gasteiger partial charge in [-0.05, 0) is 164 Å². The summed E-state index contributed by atoms with van der Waals surface area (Å²) in [5.74, 6) is 1.01. The van der Waals surface area contributed by atoms with E-state index in [4.69, 9.17) is 33.5 Å². The zero-order valence-corrected chi connectivity index (χ0v) is 67.8. The Labute approximate surface area is 696 Å². The van der Waals surface area contributed by atoms with Crippen molar-refractivity contribution in [3.05, 3.63) is 191 Å². The maximum Gasteiger partial charge on any atom is 0.251 e. The smallest absolute Gasteiger partial charge is 0.251 e. The topological polar surface area (TPSA) is 373 Å². The maximum atomic E-state index is 12.7. The highest BCUT2D eigenvalue weighted by atomic mass is 32.2. The molecule has 11 heterocycles. The molecule has 120 heavy (non-hydrogen) atoms. The minimum atomic E-state index is -2.98. The van der Waals surface area contributed by atoms with Gasteiger partial charge in [-0.15, -0.1) is 0 Å². The van der Waals surface area contributed by atoms with Gasteiger partial charge in [0, 0.05) is 188 Å². The number of morpholine rings is 1. The zero-order valence-electron chi connectivity index (χ0n) is 66.2. The summed E-state index contributed by atoms with van der Waals surface area (Å²) in [6, 6.07) is 48.3. The molecular formula is C89H92F2N15O12S2-. The SMILES string of the molecule is N.N#Cc1cc(-c2nccc3[nH]c(-c4ccc(N5CCOCC5)cc4)cc23)ccc1OC1CCS(=O)(=O)CC1.N#Cc1cc(-c2nccc3[nH]c(C4=CCC5(CC4)OCCO5)cc23)ccc1OC1CCN(C(=O)CO)CC1.N#Cc1cc(-c2ncnc3c2C=C(c2ccc(N4CCN(CC(F)F)CC4)cc2)C3)ccc1OC1CCN(S(=O)[O-])CC1. The highest BCUT2D eigenvalue weighted by Crippen LogP contribution is 2.43. The van der Waals surface area contributed by atoms with Crippen LogP contribution in [0.5, 0.6) is 17.2 Å². The van der Waals surface area contributed by atoms with Crippen LogP contribution in [0.3, 0.4) is 0 Å². The molecule has 1 amide bonds. The van der Waals surface area contributed by atoms with Crippen molar-refractivity contribution in [1.82, 2.24) is 50.2 Å². The number of halogens is 2. The highest BCUT2D eigenvalue weighted by molar-refractivity contribution is 7.91. The Hall–Kier alpha value is -11.4. The largest absolute Gasteiger partial charge is 0.760 e. The van der Waals surface area contributed by atoms with E-state index in [1.165, 1.54) is 15.6 Å². The molecule has 8 aliphatic rings. The van der Waals surface area contributed by atoms with Gasteiger partial charge >= 0.3 is 0 Å². The van der Waals surface area contributed by atoms with Gasteiger partial charge in [-0.25, -0.2) is 31.5 Å². The molecule has 31 heteroatoms. The molecule has 0 saturated carbocycles. The van der Waals surface area contributed by atoms with Crippen molar-refractivity contribution in [2.75, 3.05) is 126 Å². The van der Waals surface area contributed by atoms with Crippen molar-refractivity contribution in [3.8, 4) is 80.5 Å². The molecule has 27 nitrogen and oxygen atoms in total. The number of aromatic amines is 2. The number of aliphatic hydroxyl groups is 1. The second-order valence-corrected chi connectivity index (χ2v) is 34.0. The minimum Gasteiger partial charge on any atom is -0.760 e. The first kappa shape index (κ1) is 83.7. The van der Waals surface area contributed by atoms with Crippen LogP contribution in [0.25, 0.3) is 84.1 Å². The molecule has 18 rings (SSSR count). The van der Waals surface area contributed by atoms with Crippen LogP contribution in [0, 0.1) is 34.0 Å². The number of carbonyl (C=O) groups excluding carboxylic acids is 1. The number of amides is 1. The van der Waals surface area contributed by atoms with E-state index in [0.717, 1.165) is 159 Å². The predicted octanol–water partition coefficient (Wildman–Crippen LogP) is 12.6. The van der Waals surface area contributed by atoms with Crippen molar-refractivity contribution in [2.45, 2.75) is 94.7 Å². The number of rotatable bonds is 18. The number of carbonyl (C=O) groups is 1. The summed E-state index contributed by atoms with van der Waals surface area (Å²) < 4.78 is 108. The van der Waals surface area contributed by atoms with E-state index in [2.05, 4.69) is 131 Å². The van der Waals surface area contributed by atoms with Gasteiger partial charge < -0.3 is 68.9 Å². The number of anilines is 2. The summed E-state index contributed by atoms with van der Waals surface area (Å²) in [7, 11) is -2.98. The molecule has 6 aliphatic heterocycles. The lowest BCUT2D eigenvalue weighted by Gasteiger charge is -2.36. The number of nitrogens with one attached hydrogen (secondary N) is 2. The van der Waals surface area contributed by atoms with Gasteiger partial charge in [-0.3, -0.25) is 23.9 Å². The molecule has 10 aromatic rings. The Morgan fingerprint density at radius 3 is 1.62 bits per heavy atom. The van der Waals surface area contributed by atoms with Crippen LogP contribution < -0.4 is 30.2 Å². The van der Waals surface area contributed by atoms with Crippen LogP contribution in [0.15, 0.2) is 152 Å². The third-order valence-electron chi connectivity index (χ3n) is 23.3. The lowest BCUT2D eigenvalue weighted by molar-refractivity contribution is -0.159. The average molecular weight is 1670 g/mol. The number of benzene rings is 5. The Morgan fingerprint density at radius 2 is 1.10 bits per heavy atom. The fourth-order valence-electron chi connectivity index (χ4n) is 16.7. The van der Waals surface area contributed by atoms with Crippen molar-refractivity contribution >= 4 is 77.4 Å². The molecule has 6 fully saturated rings. The molecule has 5 aromatic carbocycles. The maximum absolute atomic E-state index is 12.7. The lowest BCUT2D eigenvalue weighted by atomic mass is 9.92. The third-order valence-corrected chi connectivity index (χ3v) is 25.8. The van der Waals surface area contributed by atoms with Crippen LogP contribution in [-0.4, -0.2) is 219 Å². The molecule has 0 bridgehead atoms. The average Bonchev–Trinajstić information content (AvgIpc) is 1.63. The van der Waals surface area contributed by atoms with E-state index >= 15 is 0 Å². The van der Waals surface area contributed by atoms with E-state index < -0.39 is 39.9 Å². The first-order chi connectivity index (χ1) is 57.9. The number of nitrogens with zero attached hydrogens (tertiary/aromatic N) is 12. The summed E-state index contributed by atoms with van der Waals surface area (Å²) in [6.07, 6.45) is 13.1. The van der Waals surface area contributed by atoms with Gasteiger partial charge in [0.2, 0.25) is 5.91 Å². The number of piperidine rings is 2. The van der Waals surface area contributed by atoms with Gasteiger partial charge in [0.1, 0.15) is 66.7 Å². The van der Waals surface area contributed by atoms with Gasteiger partial charge in [0.25, 0.3) is 6.43 Å². The quantitative estimate of drug-likeness (QED) is 0.0580. The van der Waals surface area contributed by atoms with Gasteiger partial charge in [-0.1, -0.05) is 30.3 Å². The van der Waals surface area contributed by atoms with Crippen LogP contribution in [0.2, 0.25) is 0 Å². The summed E-state index contributed by atoms with van der Waals surface area (Å²) in [5, 5.41) is 40.6. The Bertz CT molecular complexity index is 5700. The number of H-pyrrole nitrogens is 2. The van der Waals surface area contributed by atoms with Gasteiger partial charge in [0.05, 0.1) is 83.9 Å². The number of allylic oxidation sites excluding steroid dienone is 2. The monoisotopic (exact) mass is 1660 g/mol. The number of alkyl halides is 2. The van der Waals surface area contributed by atoms with E-state index in [1.54, 1.807) is 52.8 Å². The normalized spacial score (nSPS) is 18.5. The molecular weight excluding hydrogens is 1570 g/mol. The fourth-order valence-corrected chi connectivity index (χ4v) is 18.7. The second kappa shape index (κ2) is 37.5. The third kappa shape index (κ3) is 19.2. The number of fused-ring (bicyclic) bond motifs is 3. The van der Waals surface area contributed by atoms with Crippen molar-refractivity contribution in [3.63, 3.8) is 0 Å². The summed E-state index contributed by atoms with van der Waals surface area (Å²) in [5.41, 5.74) is 18.7. The van der Waals surface area contributed by atoms with Crippen LogP contribution >= 0.6 is 0 Å². The lowest BCUT2D eigenvalue weighted by Crippen LogP contribution is -2.47. The molecule has 1 atom stereocenters. The summed E-state index contributed by atoms with van der Waals surface area (Å²) in [4.78, 5) is 45.2. The fraction of sp³-hybridized carbons (Fsp3) is 0.371. The highest BCUT2D eigenvalue weighted by Gasteiger charge is 2.38. The molecule has 622 valence electrons. The minimum absolute atomic E-state index is 0. The molecule has 6 saturated heterocycles. The number of pyridine rings is 2. The number of hydrogen-bond donors (Lipinski definition) is 4. The van der Waals surface area contributed by atoms with Crippen molar-refractivity contribution in [2.24, 2.45) is 0 Å². The van der Waals surface area contributed by atoms with Gasteiger partial charge in [-0.2, -0.15) is 15.8 Å². The number of nitriles is 3. The first-order valence-corrected chi connectivity index (χ1v) is 43.1. The van der Waals surface area contributed by atoms with Crippen LogP contribution in [-0.2, 0) is 46.5 Å². The molecule has 6 N–H and O–H groups in total. The molecule has 5 aromatic heterocycles. The van der Waals surface area contributed by atoms with E-state index in [1.807, 2.05) is 42.5 Å². The number of likely N-dealkylation sites (tertiary alicyclic amines) is 1. The van der Waals surface area contributed by atoms with Crippen molar-refractivity contribution < 1.29 is 64.3 Å². The predicted molar refractivity (Wildman–Crippen MR) is 451 cm³/mol. The summed E-state index contributed by atoms with van der Waals surface area (Å²) in [6.45, 7) is 8.52. The number of sulfone groups is 1. The summed E-state index contributed by atoms with van der Waals surface area (Å²) >= 11 is -2.23. The van der Waals surface area contributed by atoms with E-state index in [0.29, 0.717) is 131 Å². The molecule has 2 aliphatic carbocycles.